The standard InChI is InChI=1S/C26H26F2N2O2S2/c1-18-22-10-6-7-11-25(22)33-26(18)30(34(31)32)17-21(14-20-12-13-23(27)24(28)15-20)29(2)16-19-8-4-3-5-9-19/h3-13,15,21H,14,16-17H2,1-2H3,(H,31,32). The zero-order valence-electron chi connectivity index (χ0n) is 18.9. The molecule has 0 fully saturated rings. The molecule has 1 heterocycles. The van der Waals surface area contributed by atoms with E-state index in [0.717, 1.165) is 32.3 Å². The molecule has 0 spiro atoms. The maximum atomic E-state index is 13.9. The van der Waals surface area contributed by atoms with E-state index in [2.05, 4.69) is 4.90 Å². The fourth-order valence-electron chi connectivity index (χ4n) is 4.11. The summed E-state index contributed by atoms with van der Waals surface area (Å²) in [5, 5.41) is 1.78. The highest BCUT2D eigenvalue weighted by atomic mass is 32.2. The van der Waals surface area contributed by atoms with Gasteiger partial charge in [-0.1, -0.05) is 54.6 Å². The summed E-state index contributed by atoms with van der Waals surface area (Å²) in [5.41, 5.74) is 2.66. The van der Waals surface area contributed by atoms with Crippen molar-refractivity contribution in [2.45, 2.75) is 25.9 Å². The molecule has 4 aromatic rings. The van der Waals surface area contributed by atoms with E-state index in [4.69, 9.17) is 0 Å². The van der Waals surface area contributed by atoms with E-state index >= 15 is 0 Å². The second-order valence-corrected chi connectivity index (χ2v) is 10.3. The van der Waals surface area contributed by atoms with Gasteiger partial charge in [0.2, 0.25) is 0 Å². The molecule has 2 unspecified atom stereocenters. The molecule has 0 saturated heterocycles. The minimum absolute atomic E-state index is 0.235. The van der Waals surface area contributed by atoms with Gasteiger partial charge in [-0.2, -0.15) is 0 Å². The number of thiophene rings is 1. The Labute approximate surface area is 204 Å². The van der Waals surface area contributed by atoms with Crippen LogP contribution >= 0.6 is 11.3 Å². The number of fused-ring (bicyclic) bond motifs is 1. The number of halogens is 2. The van der Waals surface area contributed by atoms with Gasteiger partial charge < -0.3 is 0 Å². The molecule has 0 aliphatic carbocycles. The summed E-state index contributed by atoms with van der Waals surface area (Å²) in [6, 6.07) is 21.4. The minimum Gasteiger partial charge on any atom is -0.297 e. The molecule has 0 radical (unpaired) electrons. The van der Waals surface area contributed by atoms with E-state index in [1.165, 1.54) is 21.7 Å². The Kier molecular flexibility index (Phi) is 7.73. The largest absolute Gasteiger partial charge is 0.297 e. The van der Waals surface area contributed by atoms with Crippen LogP contribution in [0.1, 0.15) is 16.7 Å². The first kappa shape index (κ1) is 24.5. The second kappa shape index (κ2) is 10.7. The number of likely N-dealkylation sites (N-methyl/N-ethyl adjacent to an activating group) is 1. The lowest BCUT2D eigenvalue weighted by molar-refractivity contribution is 0.237. The predicted molar refractivity (Wildman–Crippen MR) is 136 cm³/mol. The van der Waals surface area contributed by atoms with E-state index in [-0.39, 0.29) is 12.6 Å². The monoisotopic (exact) mass is 500 g/mol. The van der Waals surface area contributed by atoms with Gasteiger partial charge in [-0.25, -0.2) is 13.0 Å². The summed E-state index contributed by atoms with van der Waals surface area (Å²) in [5.74, 6) is -1.79. The lowest BCUT2D eigenvalue weighted by atomic mass is 10.0. The zero-order valence-corrected chi connectivity index (χ0v) is 20.6. The van der Waals surface area contributed by atoms with Gasteiger partial charge in [0.15, 0.2) is 11.6 Å². The summed E-state index contributed by atoms with van der Waals surface area (Å²) in [7, 11) is 1.94. The van der Waals surface area contributed by atoms with Crippen molar-refractivity contribution in [1.82, 2.24) is 4.90 Å². The molecule has 34 heavy (non-hydrogen) atoms. The van der Waals surface area contributed by atoms with Gasteiger partial charge in [0, 0.05) is 17.3 Å². The molecule has 3 aromatic carbocycles. The third-order valence-corrected chi connectivity index (χ3v) is 8.08. The molecule has 2 atom stereocenters. The smallest absolute Gasteiger partial charge is 0.262 e. The lowest BCUT2D eigenvalue weighted by Crippen LogP contribution is -2.44. The molecule has 178 valence electrons. The fraction of sp³-hybridized carbons (Fsp3) is 0.231. The van der Waals surface area contributed by atoms with Crippen molar-refractivity contribution in [2.75, 3.05) is 17.9 Å². The Bertz CT molecular complexity index is 1300. The number of anilines is 1. The molecule has 0 saturated carbocycles. The van der Waals surface area contributed by atoms with Crippen LogP contribution < -0.4 is 4.31 Å². The number of nitrogens with zero attached hydrogens (tertiary/aromatic N) is 2. The van der Waals surface area contributed by atoms with Crippen LogP contribution in [0.5, 0.6) is 0 Å². The predicted octanol–water partition coefficient (Wildman–Crippen LogP) is 6.17. The van der Waals surface area contributed by atoms with Gasteiger partial charge in [0.1, 0.15) is 5.00 Å². The number of benzene rings is 3. The quantitative estimate of drug-likeness (QED) is 0.279. The average Bonchev–Trinajstić information content (AvgIpc) is 3.15. The first-order valence-corrected chi connectivity index (χ1v) is 12.8. The minimum atomic E-state index is -2.26. The molecule has 1 N–H and O–H groups in total. The van der Waals surface area contributed by atoms with Crippen LogP contribution in [0, 0.1) is 18.6 Å². The Balaban J connectivity index is 1.67. The molecule has 0 amide bonds. The van der Waals surface area contributed by atoms with Gasteiger partial charge in [-0.15, -0.1) is 11.3 Å². The van der Waals surface area contributed by atoms with Crippen LogP contribution in [-0.4, -0.2) is 33.3 Å². The topological polar surface area (TPSA) is 43.8 Å². The molecule has 1 aromatic heterocycles. The van der Waals surface area contributed by atoms with Crippen LogP contribution in [0.25, 0.3) is 10.1 Å². The third-order valence-electron chi connectivity index (χ3n) is 5.96. The van der Waals surface area contributed by atoms with Crippen LogP contribution in [-0.2, 0) is 24.2 Å². The van der Waals surface area contributed by atoms with Crippen molar-refractivity contribution in [2.24, 2.45) is 0 Å². The zero-order chi connectivity index (χ0) is 24.2. The molecular formula is C26H26F2N2O2S2. The van der Waals surface area contributed by atoms with E-state index in [0.29, 0.717) is 18.5 Å². The van der Waals surface area contributed by atoms with Gasteiger partial charge in [-0.05, 0) is 60.7 Å². The van der Waals surface area contributed by atoms with Gasteiger partial charge >= 0.3 is 0 Å². The van der Waals surface area contributed by atoms with Crippen molar-refractivity contribution in [3.63, 3.8) is 0 Å². The normalized spacial score (nSPS) is 13.4. The summed E-state index contributed by atoms with van der Waals surface area (Å²) in [4.78, 5) is 2.08. The third kappa shape index (κ3) is 5.52. The maximum absolute atomic E-state index is 13.9. The molecule has 0 aliphatic rings. The highest BCUT2D eigenvalue weighted by molar-refractivity contribution is 7.81. The molecule has 4 rings (SSSR count). The Hall–Kier alpha value is -2.65. The summed E-state index contributed by atoms with van der Waals surface area (Å²) in [6.07, 6.45) is 0.387. The first-order valence-electron chi connectivity index (χ1n) is 10.9. The van der Waals surface area contributed by atoms with Gasteiger partial charge in [-0.3, -0.25) is 13.8 Å². The van der Waals surface area contributed by atoms with Crippen LogP contribution in [0.4, 0.5) is 13.8 Å². The Morgan fingerprint density at radius 2 is 1.68 bits per heavy atom. The van der Waals surface area contributed by atoms with Crippen LogP contribution in [0.3, 0.4) is 0 Å². The van der Waals surface area contributed by atoms with E-state index in [1.54, 1.807) is 6.07 Å². The molecule has 8 heteroatoms. The number of rotatable bonds is 9. The molecule has 0 bridgehead atoms. The van der Waals surface area contributed by atoms with E-state index in [9.17, 15) is 17.5 Å². The van der Waals surface area contributed by atoms with Crippen molar-refractivity contribution in [1.29, 1.82) is 0 Å². The molecule has 4 nitrogen and oxygen atoms in total. The maximum Gasteiger partial charge on any atom is 0.262 e. The molecular weight excluding hydrogens is 474 g/mol. The summed E-state index contributed by atoms with van der Waals surface area (Å²) >= 11 is -0.784. The van der Waals surface area contributed by atoms with Crippen LogP contribution in [0.2, 0.25) is 0 Å². The number of aryl methyl sites for hydroxylation is 1. The SMILES string of the molecule is Cc1c(N(CC(Cc2ccc(F)c(F)c2)N(C)Cc2ccccc2)S(=O)O)sc2ccccc12. The molecule has 0 aliphatic heterocycles. The average molecular weight is 501 g/mol. The number of hydrogen-bond donors (Lipinski definition) is 1. The van der Waals surface area contributed by atoms with Crippen molar-refractivity contribution >= 4 is 37.7 Å². The van der Waals surface area contributed by atoms with E-state index in [1.807, 2.05) is 68.6 Å². The number of hydrogen-bond acceptors (Lipinski definition) is 3. The summed E-state index contributed by atoms with van der Waals surface area (Å²) < 4.78 is 52.7. The van der Waals surface area contributed by atoms with Crippen molar-refractivity contribution in [3.05, 3.63) is 101 Å². The highest BCUT2D eigenvalue weighted by Gasteiger charge is 2.26. The van der Waals surface area contributed by atoms with Crippen LogP contribution in [0.15, 0.2) is 72.8 Å². The van der Waals surface area contributed by atoms with E-state index < -0.39 is 22.9 Å². The van der Waals surface area contributed by atoms with Gasteiger partial charge in [0.05, 0.1) is 6.54 Å². The fourth-order valence-corrected chi connectivity index (χ4v) is 6.11. The van der Waals surface area contributed by atoms with Crippen molar-refractivity contribution < 1.29 is 17.5 Å². The van der Waals surface area contributed by atoms with Crippen molar-refractivity contribution in [3.8, 4) is 0 Å². The summed E-state index contributed by atoms with van der Waals surface area (Å²) in [6.45, 7) is 2.79. The Morgan fingerprint density at radius 1 is 0.971 bits per heavy atom. The van der Waals surface area contributed by atoms with Gasteiger partial charge in [0.25, 0.3) is 11.3 Å². The lowest BCUT2D eigenvalue weighted by Gasteiger charge is -2.32. The first-order chi connectivity index (χ1) is 16.3. The highest BCUT2D eigenvalue weighted by Crippen LogP contribution is 2.38. The second-order valence-electron chi connectivity index (χ2n) is 8.33. The Morgan fingerprint density at radius 3 is 2.35 bits per heavy atom.